The molecule has 1 rings (SSSR count). The minimum absolute atomic E-state index is 0.108. The monoisotopic (exact) mass is 550 g/mol. The molecule has 0 atom stereocenters. The average molecular weight is 550 g/mol. The van der Waals surface area contributed by atoms with Gasteiger partial charge in [-0.15, -0.1) is 0 Å². The minimum atomic E-state index is -1.06. The average Bonchev–Trinajstić information content (AvgIpc) is 2.59. The van der Waals surface area contributed by atoms with Gasteiger partial charge in [-0.05, 0) is 57.9 Å². The number of halogens is 1. The summed E-state index contributed by atoms with van der Waals surface area (Å²) < 4.78 is 13.3. The van der Waals surface area contributed by atoms with Gasteiger partial charge in [-0.2, -0.15) is 0 Å². The standard InChI is InChI=1S/C22H35IN2O6/c1-21(2,3)14-13-15(30-11-7-9-24-19(26)27)18(16(17(14)23)22(4,5)6)31-12-8-10-25-20(28)29/h13,24-25H,7-12H2,1-6H3,(H,26,27)(H,28,29). The molecule has 0 bridgehead atoms. The molecular formula is C22H35IN2O6. The van der Waals surface area contributed by atoms with Crippen molar-refractivity contribution in [2.45, 2.75) is 65.2 Å². The van der Waals surface area contributed by atoms with Crippen LogP contribution < -0.4 is 20.1 Å². The fourth-order valence-electron chi connectivity index (χ4n) is 2.97. The van der Waals surface area contributed by atoms with Crippen LogP contribution in [0.25, 0.3) is 0 Å². The lowest BCUT2D eigenvalue weighted by molar-refractivity contribution is 0.191. The van der Waals surface area contributed by atoms with Crippen LogP contribution in [0.15, 0.2) is 6.07 Å². The van der Waals surface area contributed by atoms with Gasteiger partial charge in [0.25, 0.3) is 0 Å². The van der Waals surface area contributed by atoms with E-state index < -0.39 is 12.2 Å². The van der Waals surface area contributed by atoms with Crippen molar-refractivity contribution in [3.63, 3.8) is 0 Å². The molecule has 0 aromatic heterocycles. The molecule has 0 aliphatic heterocycles. The molecule has 176 valence electrons. The van der Waals surface area contributed by atoms with Gasteiger partial charge in [0, 0.05) is 22.2 Å². The lowest BCUT2D eigenvalue weighted by Crippen LogP contribution is -2.25. The number of hydrogen-bond donors (Lipinski definition) is 4. The lowest BCUT2D eigenvalue weighted by atomic mass is 9.80. The summed E-state index contributed by atoms with van der Waals surface area (Å²) in [4.78, 5) is 21.3. The van der Waals surface area contributed by atoms with E-state index in [1.807, 2.05) is 6.07 Å². The van der Waals surface area contributed by atoms with E-state index in [0.29, 0.717) is 50.6 Å². The second kappa shape index (κ2) is 11.6. The fraction of sp³-hybridized carbons (Fsp3) is 0.636. The first-order valence-electron chi connectivity index (χ1n) is 10.3. The molecule has 2 amide bonds. The molecule has 31 heavy (non-hydrogen) atoms. The Morgan fingerprint density at radius 2 is 1.39 bits per heavy atom. The van der Waals surface area contributed by atoms with Crippen LogP contribution >= 0.6 is 22.6 Å². The summed E-state index contributed by atoms with van der Waals surface area (Å²) in [6, 6.07) is 2.01. The van der Waals surface area contributed by atoms with Gasteiger partial charge < -0.3 is 30.3 Å². The fourth-order valence-corrected chi connectivity index (χ4v) is 4.99. The smallest absolute Gasteiger partial charge is 0.404 e. The van der Waals surface area contributed by atoms with E-state index in [2.05, 4.69) is 74.8 Å². The number of carboxylic acid groups (broad SMARTS) is 2. The molecule has 0 unspecified atom stereocenters. The van der Waals surface area contributed by atoms with Gasteiger partial charge in [0.15, 0.2) is 11.5 Å². The molecule has 0 aliphatic carbocycles. The predicted octanol–water partition coefficient (Wildman–Crippen LogP) is 4.96. The Kier molecular flexibility index (Phi) is 10.2. The van der Waals surface area contributed by atoms with Gasteiger partial charge in [-0.1, -0.05) is 41.5 Å². The van der Waals surface area contributed by atoms with Crippen LogP contribution in [0.2, 0.25) is 0 Å². The predicted molar refractivity (Wildman–Crippen MR) is 129 cm³/mol. The highest BCUT2D eigenvalue weighted by Gasteiger charge is 2.31. The van der Waals surface area contributed by atoms with Crippen LogP contribution in [0.1, 0.15) is 65.5 Å². The summed E-state index contributed by atoms with van der Waals surface area (Å²) in [7, 11) is 0. The molecule has 8 nitrogen and oxygen atoms in total. The number of nitrogens with one attached hydrogen (secondary N) is 2. The van der Waals surface area contributed by atoms with E-state index in [0.717, 1.165) is 14.7 Å². The Labute approximate surface area is 198 Å². The van der Waals surface area contributed by atoms with Gasteiger partial charge in [-0.3, -0.25) is 0 Å². The normalized spacial score (nSPS) is 11.7. The molecule has 0 radical (unpaired) electrons. The molecular weight excluding hydrogens is 515 g/mol. The van der Waals surface area contributed by atoms with Gasteiger partial charge in [0.1, 0.15) is 0 Å². The zero-order valence-electron chi connectivity index (χ0n) is 19.2. The SMILES string of the molecule is CC(C)(C)c1cc(OCCCNC(=O)O)c(OCCCNC(=O)O)c(C(C)(C)C)c1I. The maximum absolute atomic E-state index is 10.6. The second-order valence-corrected chi connectivity index (χ2v) is 10.4. The highest BCUT2D eigenvalue weighted by molar-refractivity contribution is 14.1. The third kappa shape index (κ3) is 9.00. The van der Waals surface area contributed by atoms with Crippen LogP contribution in [0.4, 0.5) is 9.59 Å². The molecule has 1 aromatic rings. The van der Waals surface area contributed by atoms with Crippen LogP contribution in [-0.4, -0.2) is 48.7 Å². The molecule has 9 heteroatoms. The molecule has 4 N–H and O–H groups in total. The highest BCUT2D eigenvalue weighted by atomic mass is 127. The van der Waals surface area contributed by atoms with Crippen molar-refractivity contribution in [1.82, 2.24) is 10.6 Å². The Morgan fingerprint density at radius 3 is 1.81 bits per heavy atom. The molecule has 0 spiro atoms. The number of ether oxygens (including phenoxy) is 2. The van der Waals surface area contributed by atoms with E-state index in [1.54, 1.807) is 0 Å². The van der Waals surface area contributed by atoms with Crippen molar-refractivity contribution in [2.75, 3.05) is 26.3 Å². The van der Waals surface area contributed by atoms with Gasteiger partial charge in [0.2, 0.25) is 0 Å². The number of rotatable bonds is 10. The molecule has 1 aromatic carbocycles. The first-order chi connectivity index (χ1) is 14.2. The third-order valence-corrected chi connectivity index (χ3v) is 5.56. The van der Waals surface area contributed by atoms with Crippen molar-refractivity contribution in [2.24, 2.45) is 0 Å². The molecule has 0 saturated heterocycles. The van der Waals surface area contributed by atoms with Gasteiger partial charge in [0.05, 0.1) is 13.2 Å². The third-order valence-electron chi connectivity index (χ3n) is 4.44. The van der Waals surface area contributed by atoms with E-state index in [9.17, 15) is 9.59 Å². The largest absolute Gasteiger partial charge is 0.490 e. The topological polar surface area (TPSA) is 117 Å². The summed E-state index contributed by atoms with van der Waals surface area (Å²) in [5, 5.41) is 22.1. The maximum atomic E-state index is 10.6. The minimum Gasteiger partial charge on any atom is -0.490 e. The van der Waals surface area contributed by atoms with Crippen molar-refractivity contribution >= 4 is 34.8 Å². The lowest BCUT2D eigenvalue weighted by Gasteiger charge is -2.31. The maximum Gasteiger partial charge on any atom is 0.404 e. The number of carbonyl (C=O) groups is 2. The molecule has 0 aliphatic rings. The van der Waals surface area contributed by atoms with Crippen LogP contribution in [-0.2, 0) is 10.8 Å². The van der Waals surface area contributed by atoms with Crippen molar-refractivity contribution < 1.29 is 29.3 Å². The van der Waals surface area contributed by atoms with Crippen LogP contribution in [0.5, 0.6) is 11.5 Å². The summed E-state index contributed by atoms with van der Waals surface area (Å²) in [6.45, 7) is 14.1. The van der Waals surface area contributed by atoms with Gasteiger partial charge >= 0.3 is 12.2 Å². The summed E-state index contributed by atoms with van der Waals surface area (Å²) >= 11 is 2.37. The van der Waals surface area contributed by atoms with Crippen molar-refractivity contribution in [3.05, 3.63) is 20.8 Å². The van der Waals surface area contributed by atoms with Gasteiger partial charge in [-0.25, -0.2) is 9.59 Å². The Morgan fingerprint density at radius 1 is 0.903 bits per heavy atom. The van der Waals surface area contributed by atoms with Crippen molar-refractivity contribution in [1.29, 1.82) is 0 Å². The first kappa shape index (κ1) is 27.1. The highest BCUT2D eigenvalue weighted by Crippen LogP contribution is 2.46. The van der Waals surface area contributed by atoms with Crippen molar-refractivity contribution in [3.8, 4) is 11.5 Å². The zero-order chi connectivity index (χ0) is 23.8. The summed E-state index contributed by atoms with van der Waals surface area (Å²) in [6.07, 6.45) is -1.07. The number of amides is 2. The van der Waals surface area contributed by atoms with E-state index in [1.165, 1.54) is 0 Å². The first-order valence-corrected chi connectivity index (χ1v) is 11.4. The number of benzene rings is 1. The Bertz CT molecular complexity index is 769. The molecule has 0 fully saturated rings. The quantitative estimate of drug-likeness (QED) is 0.242. The van der Waals surface area contributed by atoms with Crippen LogP contribution in [0, 0.1) is 3.57 Å². The number of hydrogen-bond acceptors (Lipinski definition) is 4. The zero-order valence-corrected chi connectivity index (χ0v) is 21.4. The van der Waals surface area contributed by atoms with E-state index >= 15 is 0 Å². The molecule has 0 heterocycles. The summed E-state index contributed by atoms with van der Waals surface area (Å²) in [5.41, 5.74) is 1.88. The van der Waals surface area contributed by atoms with E-state index in [4.69, 9.17) is 19.7 Å². The Hall–Kier alpha value is -1.91. The van der Waals surface area contributed by atoms with E-state index in [-0.39, 0.29) is 10.8 Å². The van der Waals surface area contributed by atoms with Crippen LogP contribution in [0.3, 0.4) is 0 Å². The summed E-state index contributed by atoms with van der Waals surface area (Å²) in [5.74, 6) is 1.28. The second-order valence-electron chi connectivity index (χ2n) is 9.31. The Balaban J connectivity index is 3.24. The molecule has 0 saturated carbocycles.